The molecule has 0 aliphatic heterocycles. The molecule has 5 nitrogen and oxygen atoms in total. The van der Waals surface area contributed by atoms with Gasteiger partial charge in [0.25, 0.3) is 10.0 Å². The lowest BCUT2D eigenvalue weighted by atomic mass is 10.4. The molecule has 0 aliphatic carbocycles. The van der Waals surface area contributed by atoms with Crippen molar-refractivity contribution in [3.8, 4) is 0 Å². The number of aryl methyl sites for hydroxylation is 2. The van der Waals surface area contributed by atoms with Crippen LogP contribution < -0.4 is 4.72 Å². The fourth-order valence-corrected chi connectivity index (χ4v) is 3.57. The van der Waals surface area contributed by atoms with Crippen molar-refractivity contribution in [2.24, 2.45) is 0 Å². The molecule has 2 heterocycles. The van der Waals surface area contributed by atoms with Gasteiger partial charge in [-0.3, -0.25) is 4.72 Å². The number of thiophene rings is 1. The monoisotopic (exact) mass is 272 g/mol. The van der Waals surface area contributed by atoms with E-state index in [1.165, 1.54) is 17.4 Å². The summed E-state index contributed by atoms with van der Waals surface area (Å²) in [5.41, 5.74) is 0. The Bertz CT molecular complexity index is 613. The highest BCUT2D eigenvalue weighted by molar-refractivity contribution is 7.94. The molecule has 0 fully saturated rings. The van der Waals surface area contributed by atoms with Crippen LogP contribution in [0.2, 0.25) is 0 Å². The molecular weight excluding hydrogens is 260 g/mol. The summed E-state index contributed by atoms with van der Waals surface area (Å²) in [6, 6.07) is 4.94. The van der Waals surface area contributed by atoms with Crippen molar-refractivity contribution in [3.05, 3.63) is 28.8 Å². The SMILES string of the molecule is CCc1ccc(S(=O)(=O)Nc2cc(C)on2)s1. The Balaban J connectivity index is 2.24. The van der Waals surface area contributed by atoms with Gasteiger partial charge in [0.15, 0.2) is 5.82 Å². The van der Waals surface area contributed by atoms with Crippen LogP contribution in [-0.2, 0) is 16.4 Å². The highest BCUT2D eigenvalue weighted by Crippen LogP contribution is 2.24. The molecule has 0 aliphatic rings. The van der Waals surface area contributed by atoms with Gasteiger partial charge >= 0.3 is 0 Å². The predicted molar refractivity (Wildman–Crippen MR) is 65.7 cm³/mol. The van der Waals surface area contributed by atoms with E-state index in [2.05, 4.69) is 9.88 Å². The van der Waals surface area contributed by atoms with Crippen molar-refractivity contribution in [2.75, 3.05) is 4.72 Å². The van der Waals surface area contributed by atoms with Gasteiger partial charge in [-0.2, -0.15) is 0 Å². The summed E-state index contributed by atoms with van der Waals surface area (Å²) in [7, 11) is -3.54. The smallest absolute Gasteiger partial charge is 0.272 e. The van der Waals surface area contributed by atoms with Gasteiger partial charge in [0, 0.05) is 10.9 Å². The van der Waals surface area contributed by atoms with Gasteiger partial charge in [-0.1, -0.05) is 12.1 Å². The third-order valence-electron chi connectivity index (χ3n) is 2.12. The van der Waals surface area contributed by atoms with Crippen molar-refractivity contribution in [1.29, 1.82) is 0 Å². The summed E-state index contributed by atoms with van der Waals surface area (Å²) in [6.45, 7) is 3.68. The summed E-state index contributed by atoms with van der Waals surface area (Å²) in [4.78, 5) is 1.03. The predicted octanol–water partition coefficient (Wildman–Crippen LogP) is 2.41. The molecule has 0 unspecified atom stereocenters. The Kier molecular flexibility index (Phi) is 3.21. The summed E-state index contributed by atoms with van der Waals surface area (Å²) in [5, 5.41) is 3.59. The minimum absolute atomic E-state index is 0.203. The topological polar surface area (TPSA) is 72.2 Å². The van der Waals surface area contributed by atoms with Crippen LogP contribution in [0.1, 0.15) is 17.6 Å². The molecule has 2 aromatic heterocycles. The molecule has 17 heavy (non-hydrogen) atoms. The fourth-order valence-electron chi connectivity index (χ4n) is 1.30. The first-order valence-corrected chi connectivity index (χ1v) is 7.36. The second-order valence-corrected chi connectivity index (χ2v) is 6.58. The molecule has 0 radical (unpaired) electrons. The van der Waals surface area contributed by atoms with Crippen LogP contribution >= 0.6 is 11.3 Å². The van der Waals surface area contributed by atoms with E-state index in [1.54, 1.807) is 13.0 Å². The van der Waals surface area contributed by atoms with Gasteiger partial charge in [-0.05, 0) is 25.5 Å². The van der Waals surface area contributed by atoms with Crippen LogP contribution in [0.3, 0.4) is 0 Å². The normalized spacial score (nSPS) is 11.6. The van der Waals surface area contributed by atoms with Gasteiger partial charge in [0.2, 0.25) is 0 Å². The van der Waals surface area contributed by atoms with Gasteiger partial charge in [0.1, 0.15) is 9.97 Å². The molecule has 2 rings (SSSR count). The molecule has 0 aromatic carbocycles. The number of sulfonamides is 1. The standard InChI is InChI=1S/C10H12N2O3S2/c1-3-8-4-5-10(16-8)17(13,14)12-9-6-7(2)15-11-9/h4-6H,3H2,1-2H3,(H,11,12). The quantitative estimate of drug-likeness (QED) is 0.927. The van der Waals surface area contributed by atoms with E-state index in [1.807, 2.05) is 13.0 Å². The zero-order valence-electron chi connectivity index (χ0n) is 9.43. The largest absolute Gasteiger partial charge is 0.360 e. The van der Waals surface area contributed by atoms with E-state index in [-0.39, 0.29) is 10.0 Å². The Hall–Kier alpha value is -1.34. The number of anilines is 1. The molecule has 92 valence electrons. The highest BCUT2D eigenvalue weighted by Gasteiger charge is 2.18. The lowest BCUT2D eigenvalue weighted by molar-refractivity contribution is 0.400. The minimum Gasteiger partial charge on any atom is -0.360 e. The maximum absolute atomic E-state index is 12.0. The molecule has 2 aromatic rings. The molecule has 0 saturated heterocycles. The van der Waals surface area contributed by atoms with Crippen molar-refractivity contribution >= 4 is 27.2 Å². The van der Waals surface area contributed by atoms with Crippen LogP contribution in [-0.4, -0.2) is 13.6 Å². The second kappa shape index (κ2) is 4.50. The number of aromatic nitrogens is 1. The fraction of sp³-hybridized carbons (Fsp3) is 0.300. The number of hydrogen-bond donors (Lipinski definition) is 1. The summed E-state index contributed by atoms with van der Waals surface area (Å²) >= 11 is 1.26. The average Bonchev–Trinajstić information content (AvgIpc) is 2.86. The van der Waals surface area contributed by atoms with E-state index >= 15 is 0 Å². The molecule has 0 spiro atoms. The second-order valence-electron chi connectivity index (χ2n) is 3.50. The van der Waals surface area contributed by atoms with Gasteiger partial charge < -0.3 is 4.52 Å². The Labute approximate surface area is 103 Å². The zero-order valence-corrected chi connectivity index (χ0v) is 11.1. The van der Waals surface area contributed by atoms with Crippen LogP contribution in [0.4, 0.5) is 5.82 Å². The molecule has 1 N–H and O–H groups in total. The van der Waals surface area contributed by atoms with E-state index in [0.717, 1.165) is 11.3 Å². The van der Waals surface area contributed by atoms with E-state index in [4.69, 9.17) is 4.52 Å². The molecule has 7 heteroatoms. The number of hydrogen-bond acceptors (Lipinski definition) is 5. The third-order valence-corrected chi connectivity index (χ3v) is 5.19. The van der Waals surface area contributed by atoms with Crippen molar-refractivity contribution < 1.29 is 12.9 Å². The molecular formula is C10H12N2O3S2. The molecule has 0 atom stereocenters. The van der Waals surface area contributed by atoms with Crippen molar-refractivity contribution in [2.45, 2.75) is 24.5 Å². The maximum Gasteiger partial charge on any atom is 0.272 e. The molecule has 0 amide bonds. The van der Waals surface area contributed by atoms with Crippen LogP contribution in [0.5, 0.6) is 0 Å². The minimum atomic E-state index is -3.54. The van der Waals surface area contributed by atoms with Gasteiger partial charge in [-0.15, -0.1) is 11.3 Å². The molecule has 0 bridgehead atoms. The Morgan fingerprint density at radius 2 is 2.24 bits per heavy atom. The number of nitrogens with one attached hydrogen (secondary N) is 1. The van der Waals surface area contributed by atoms with E-state index in [0.29, 0.717) is 5.76 Å². The first-order valence-electron chi connectivity index (χ1n) is 5.06. The van der Waals surface area contributed by atoms with E-state index < -0.39 is 10.0 Å². The first-order chi connectivity index (χ1) is 8.01. The van der Waals surface area contributed by atoms with Crippen LogP contribution in [0.15, 0.2) is 26.9 Å². The van der Waals surface area contributed by atoms with Gasteiger partial charge in [0.05, 0.1) is 0 Å². The summed E-state index contributed by atoms with van der Waals surface area (Å²) < 4.78 is 31.4. The first kappa shape index (κ1) is 12.1. The molecule has 0 saturated carbocycles. The van der Waals surface area contributed by atoms with Gasteiger partial charge in [-0.25, -0.2) is 8.42 Å². The Morgan fingerprint density at radius 1 is 1.47 bits per heavy atom. The van der Waals surface area contributed by atoms with Crippen molar-refractivity contribution in [1.82, 2.24) is 5.16 Å². The Morgan fingerprint density at radius 3 is 2.76 bits per heavy atom. The highest BCUT2D eigenvalue weighted by atomic mass is 32.2. The average molecular weight is 272 g/mol. The third kappa shape index (κ3) is 2.67. The number of rotatable bonds is 4. The lowest BCUT2D eigenvalue weighted by Gasteiger charge is -2.00. The zero-order chi connectivity index (χ0) is 12.5. The summed E-state index contributed by atoms with van der Waals surface area (Å²) in [6.07, 6.45) is 0.823. The lowest BCUT2D eigenvalue weighted by Crippen LogP contribution is -2.11. The van der Waals surface area contributed by atoms with Crippen LogP contribution in [0.25, 0.3) is 0 Å². The maximum atomic E-state index is 12.0. The summed E-state index contributed by atoms with van der Waals surface area (Å²) in [5.74, 6) is 0.761. The van der Waals surface area contributed by atoms with E-state index in [9.17, 15) is 8.42 Å². The van der Waals surface area contributed by atoms with Crippen LogP contribution in [0, 0.1) is 6.92 Å². The number of nitrogens with zero attached hydrogens (tertiary/aromatic N) is 1. The van der Waals surface area contributed by atoms with Crippen molar-refractivity contribution in [3.63, 3.8) is 0 Å².